The van der Waals surface area contributed by atoms with Gasteiger partial charge in [0.05, 0.1) is 0 Å². The molecule has 0 N–H and O–H groups in total. The van der Waals surface area contributed by atoms with Crippen LogP contribution in [-0.4, -0.2) is 42.0 Å². The predicted octanol–water partition coefficient (Wildman–Crippen LogP) is 3.14. The highest BCUT2D eigenvalue weighted by Gasteiger charge is 2.37. The van der Waals surface area contributed by atoms with Gasteiger partial charge in [-0.05, 0) is 50.9 Å². The Morgan fingerprint density at radius 3 is 2.21 bits per heavy atom. The average Bonchev–Trinajstić information content (AvgIpc) is 3.08. The zero-order valence-corrected chi connectivity index (χ0v) is 11.9. The van der Waals surface area contributed by atoms with Crippen molar-refractivity contribution in [3.63, 3.8) is 0 Å². The number of piperidine rings is 2. The third-order valence-corrected chi connectivity index (χ3v) is 4.51. The lowest BCUT2D eigenvalue weighted by Gasteiger charge is -2.26. The van der Waals surface area contributed by atoms with Gasteiger partial charge in [0.15, 0.2) is 0 Å². The van der Waals surface area contributed by atoms with Gasteiger partial charge in [-0.3, -0.25) is 9.80 Å². The molecular formula is C17H26N2. The SMILES string of the molecule is C1CC2CN2C1.c1ccc(CN2CCCCC2)cc1. The molecule has 2 unspecified atom stereocenters. The van der Waals surface area contributed by atoms with Crippen molar-refractivity contribution < 1.29 is 0 Å². The van der Waals surface area contributed by atoms with Crippen LogP contribution in [0.3, 0.4) is 0 Å². The molecule has 19 heavy (non-hydrogen) atoms. The van der Waals surface area contributed by atoms with Gasteiger partial charge in [-0.15, -0.1) is 0 Å². The van der Waals surface area contributed by atoms with Crippen LogP contribution in [0, 0.1) is 0 Å². The summed E-state index contributed by atoms with van der Waals surface area (Å²) in [6, 6.07) is 11.8. The molecule has 3 saturated heterocycles. The molecule has 2 atom stereocenters. The van der Waals surface area contributed by atoms with Crippen molar-refractivity contribution in [2.24, 2.45) is 0 Å². The van der Waals surface area contributed by atoms with Crippen LogP contribution in [0.4, 0.5) is 0 Å². The first-order valence-corrected chi connectivity index (χ1v) is 7.92. The van der Waals surface area contributed by atoms with Crippen molar-refractivity contribution in [3.8, 4) is 0 Å². The molecule has 0 saturated carbocycles. The van der Waals surface area contributed by atoms with E-state index in [2.05, 4.69) is 40.1 Å². The van der Waals surface area contributed by atoms with Crippen LogP contribution >= 0.6 is 0 Å². The molecule has 104 valence electrons. The highest BCUT2D eigenvalue weighted by molar-refractivity contribution is 5.14. The van der Waals surface area contributed by atoms with Crippen LogP contribution in [0.2, 0.25) is 0 Å². The molecule has 3 aliphatic heterocycles. The summed E-state index contributed by atoms with van der Waals surface area (Å²) in [7, 11) is 0. The number of likely N-dealkylation sites (tertiary alicyclic amines) is 1. The number of hydrogen-bond acceptors (Lipinski definition) is 2. The average molecular weight is 258 g/mol. The van der Waals surface area contributed by atoms with Crippen molar-refractivity contribution in [1.82, 2.24) is 9.80 Å². The normalized spacial score (nSPS) is 29.3. The van der Waals surface area contributed by atoms with E-state index in [-0.39, 0.29) is 0 Å². The fourth-order valence-electron chi connectivity index (χ4n) is 3.26. The number of benzene rings is 1. The van der Waals surface area contributed by atoms with Crippen LogP contribution in [0.5, 0.6) is 0 Å². The van der Waals surface area contributed by atoms with Gasteiger partial charge in [0.2, 0.25) is 0 Å². The Hall–Kier alpha value is -0.860. The summed E-state index contributed by atoms with van der Waals surface area (Å²) in [5.74, 6) is 0. The molecule has 2 heteroatoms. The van der Waals surface area contributed by atoms with E-state index in [1.165, 1.54) is 63.8 Å². The van der Waals surface area contributed by atoms with Crippen LogP contribution in [0.25, 0.3) is 0 Å². The summed E-state index contributed by atoms with van der Waals surface area (Å²) in [5, 5.41) is 0. The summed E-state index contributed by atoms with van der Waals surface area (Å²) < 4.78 is 0. The zero-order valence-electron chi connectivity index (χ0n) is 11.9. The quantitative estimate of drug-likeness (QED) is 0.752. The Morgan fingerprint density at radius 2 is 1.68 bits per heavy atom. The highest BCUT2D eigenvalue weighted by atomic mass is 15.3. The van der Waals surface area contributed by atoms with E-state index in [9.17, 15) is 0 Å². The summed E-state index contributed by atoms with van der Waals surface area (Å²) in [4.78, 5) is 5.08. The first kappa shape index (κ1) is 13.1. The standard InChI is InChI=1S/C12H17N.C5H9N/c1-3-7-12(8-4-1)11-13-9-5-2-6-10-13;1-2-5-4-6(5)3-1/h1,3-4,7-8H,2,5-6,9-11H2;5H,1-4H2. The van der Waals surface area contributed by atoms with Gasteiger partial charge in [-0.25, -0.2) is 0 Å². The first-order valence-electron chi connectivity index (χ1n) is 7.92. The molecule has 3 heterocycles. The van der Waals surface area contributed by atoms with Gasteiger partial charge in [0.1, 0.15) is 0 Å². The van der Waals surface area contributed by atoms with Gasteiger partial charge in [-0.1, -0.05) is 36.8 Å². The molecule has 0 spiro atoms. The number of hydrogen-bond donors (Lipinski definition) is 0. The predicted molar refractivity (Wildman–Crippen MR) is 80.2 cm³/mol. The highest BCUT2D eigenvalue weighted by Crippen LogP contribution is 2.28. The monoisotopic (exact) mass is 258 g/mol. The second-order valence-corrected chi connectivity index (χ2v) is 6.11. The lowest BCUT2D eigenvalue weighted by atomic mass is 10.1. The van der Waals surface area contributed by atoms with Gasteiger partial charge in [0.25, 0.3) is 0 Å². The summed E-state index contributed by atoms with van der Waals surface area (Å²) in [5.41, 5.74) is 1.45. The number of rotatable bonds is 2. The molecule has 0 radical (unpaired) electrons. The van der Waals surface area contributed by atoms with Crippen LogP contribution in [0.1, 0.15) is 37.7 Å². The van der Waals surface area contributed by atoms with Crippen LogP contribution < -0.4 is 0 Å². The van der Waals surface area contributed by atoms with Crippen molar-refractivity contribution in [1.29, 1.82) is 0 Å². The van der Waals surface area contributed by atoms with E-state index in [1.807, 2.05) is 0 Å². The second-order valence-electron chi connectivity index (χ2n) is 6.11. The molecule has 1 aromatic rings. The van der Waals surface area contributed by atoms with E-state index in [1.54, 1.807) is 0 Å². The minimum absolute atomic E-state index is 1.05. The Bertz CT molecular complexity index is 362. The molecule has 0 aromatic heterocycles. The van der Waals surface area contributed by atoms with E-state index >= 15 is 0 Å². The maximum absolute atomic E-state index is 2.55. The summed E-state index contributed by atoms with van der Waals surface area (Å²) >= 11 is 0. The molecule has 3 fully saturated rings. The molecule has 4 rings (SSSR count). The molecule has 0 aliphatic carbocycles. The number of fused-ring (bicyclic) bond motifs is 1. The largest absolute Gasteiger partial charge is 0.299 e. The van der Waals surface area contributed by atoms with E-state index in [0.717, 1.165) is 12.6 Å². The summed E-state index contributed by atoms with van der Waals surface area (Å²) in [6.45, 7) is 6.52. The Balaban J connectivity index is 0.000000151. The fourth-order valence-corrected chi connectivity index (χ4v) is 3.26. The van der Waals surface area contributed by atoms with E-state index < -0.39 is 0 Å². The van der Waals surface area contributed by atoms with Crippen molar-refractivity contribution in [2.45, 2.75) is 44.7 Å². The molecule has 2 nitrogen and oxygen atoms in total. The lowest BCUT2D eigenvalue weighted by molar-refractivity contribution is 0.221. The molecule has 1 aromatic carbocycles. The van der Waals surface area contributed by atoms with Crippen molar-refractivity contribution >= 4 is 0 Å². The van der Waals surface area contributed by atoms with Crippen molar-refractivity contribution in [2.75, 3.05) is 26.2 Å². The van der Waals surface area contributed by atoms with E-state index in [4.69, 9.17) is 0 Å². The van der Waals surface area contributed by atoms with Crippen LogP contribution in [-0.2, 0) is 6.54 Å². The second kappa shape index (κ2) is 6.53. The van der Waals surface area contributed by atoms with Gasteiger partial charge in [-0.2, -0.15) is 0 Å². The third kappa shape index (κ3) is 4.05. The zero-order chi connectivity index (χ0) is 12.9. The smallest absolute Gasteiger partial charge is 0.0233 e. The van der Waals surface area contributed by atoms with Gasteiger partial charge in [0, 0.05) is 19.1 Å². The topological polar surface area (TPSA) is 6.25 Å². The summed E-state index contributed by atoms with van der Waals surface area (Å²) in [6.07, 6.45) is 7.13. The maximum atomic E-state index is 2.55. The van der Waals surface area contributed by atoms with Gasteiger partial charge >= 0.3 is 0 Å². The Kier molecular flexibility index (Phi) is 4.52. The first-order chi connectivity index (χ1) is 9.42. The molecule has 0 amide bonds. The molecule has 3 aliphatic rings. The van der Waals surface area contributed by atoms with E-state index in [0.29, 0.717) is 0 Å². The third-order valence-electron chi connectivity index (χ3n) is 4.51. The maximum Gasteiger partial charge on any atom is 0.0233 e. The Morgan fingerprint density at radius 1 is 0.895 bits per heavy atom. The van der Waals surface area contributed by atoms with Crippen LogP contribution in [0.15, 0.2) is 30.3 Å². The minimum Gasteiger partial charge on any atom is -0.299 e. The molecule has 0 bridgehead atoms. The number of nitrogens with zero attached hydrogens (tertiary/aromatic N) is 2. The fraction of sp³-hybridized carbons (Fsp3) is 0.647. The molecular weight excluding hydrogens is 232 g/mol. The van der Waals surface area contributed by atoms with Crippen molar-refractivity contribution in [3.05, 3.63) is 35.9 Å². The Labute approximate surface area is 117 Å². The lowest BCUT2D eigenvalue weighted by Crippen LogP contribution is -2.28. The minimum atomic E-state index is 1.05. The van der Waals surface area contributed by atoms with Gasteiger partial charge < -0.3 is 0 Å².